The first-order valence-corrected chi connectivity index (χ1v) is 7.21. The van der Waals surface area contributed by atoms with E-state index in [1.165, 1.54) is 6.08 Å². The number of carbonyl (C=O) groups is 1. The molecule has 0 saturated carbocycles. The predicted molar refractivity (Wildman–Crippen MR) is 89.0 cm³/mol. The van der Waals surface area contributed by atoms with E-state index >= 15 is 0 Å². The number of hydrazine groups is 1. The summed E-state index contributed by atoms with van der Waals surface area (Å²) in [6.45, 7) is 2.41. The van der Waals surface area contributed by atoms with Gasteiger partial charge in [-0.05, 0) is 58.8 Å². The van der Waals surface area contributed by atoms with Crippen molar-refractivity contribution in [3.05, 3.63) is 28.2 Å². The molecule has 1 amide bonds. The van der Waals surface area contributed by atoms with Crippen LogP contribution in [0.5, 0.6) is 11.5 Å². The zero-order valence-electron chi connectivity index (χ0n) is 11.6. The Kier molecular flexibility index (Phi) is 6.97. The first kappa shape index (κ1) is 17.3. The van der Waals surface area contributed by atoms with E-state index in [1.54, 1.807) is 19.3 Å². The van der Waals surface area contributed by atoms with Crippen LogP contribution in [0.2, 0.25) is 0 Å². The van der Waals surface area contributed by atoms with E-state index in [1.807, 2.05) is 13.0 Å². The van der Waals surface area contributed by atoms with Gasteiger partial charge >= 0.3 is 0 Å². The summed E-state index contributed by atoms with van der Waals surface area (Å²) in [7, 11) is 1.55. The summed E-state index contributed by atoms with van der Waals surface area (Å²) in [6, 6.07) is 3.58. The van der Waals surface area contributed by atoms with Crippen LogP contribution in [-0.4, -0.2) is 24.7 Å². The molecule has 1 aromatic rings. The van der Waals surface area contributed by atoms with Crippen molar-refractivity contribution in [1.29, 1.82) is 0 Å². The van der Waals surface area contributed by atoms with Crippen molar-refractivity contribution in [2.24, 2.45) is 5.73 Å². The molecule has 1 aromatic carbocycles. The van der Waals surface area contributed by atoms with Gasteiger partial charge in [0.1, 0.15) is 0 Å². The number of benzene rings is 1. The first-order chi connectivity index (χ1) is 9.97. The Morgan fingerprint density at radius 2 is 2.19 bits per heavy atom. The van der Waals surface area contributed by atoms with Crippen LogP contribution in [0, 0.1) is 0 Å². The maximum absolute atomic E-state index is 11.5. The molecule has 0 atom stereocenters. The molecule has 0 saturated heterocycles. The Morgan fingerprint density at radius 1 is 1.48 bits per heavy atom. The molecule has 0 bridgehead atoms. The lowest BCUT2D eigenvalue weighted by atomic mass is 10.2. The predicted octanol–water partition coefficient (Wildman–Crippen LogP) is 1.73. The van der Waals surface area contributed by atoms with Crippen molar-refractivity contribution < 1.29 is 14.3 Å². The molecule has 4 N–H and O–H groups in total. The average Bonchev–Trinajstić information content (AvgIpc) is 2.45. The highest BCUT2D eigenvalue weighted by Crippen LogP contribution is 2.36. The molecule has 21 heavy (non-hydrogen) atoms. The summed E-state index contributed by atoms with van der Waals surface area (Å²) >= 11 is 7.98. The van der Waals surface area contributed by atoms with E-state index in [0.717, 1.165) is 10.0 Å². The van der Waals surface area contributed by atoms with E-state index in [9.17, 15) is 4.79 Å². The van der Waals surface area contributed by atoms with Gasteiger partial charge in [0.25, 0.3) is 5.91 Å². The van der Waals surface area contributed by atoms with Crippen LogP contribution in [0.3, 0.4) is 0 Å². The number of ether oxygens (including phenoxy) is 2. The molecule has 0 aliphatic carbocycles. The van der Waals surface area contributed by atoms with Gasteiger partial charge in [0.05, 0.1) is 18.2 Å². The lowest BCUT2D eigenvalue weighted by Gasteiger charge is -2.12. The van der Waals surface area contributed by atoms with Crippen LogP contribution in [0.25, 0.3) is 6.08 Å². The second-order valence-electron chi connectivity index (χ2n) is 3.78. The minimum atomic E-state index is -0.383. The third-order valence-electron chi connectivity index (χ3n) is 2.28. The fraction of sp³-hybridized carbons (Fsp3) is 0.231. The summed E-state index contributed by atoms with van der Waals surface area (Å²) in [6.07, 6.45) is 2.96. The molecule has 1 rings (SSSR count). The number of nitrogens with one attached hydrogen (secondary N) is 2. The highest BCUT2D eigenvalue weighted by molar-refractivity contribution is 9.10. The van der Waals surface area contributed by atoms with Crippen LogP contribution in [0.1, 0.15) is 12.5 Å². The summed E-state index contributed by atoms with van der Waals surface area (Å²) in [5, 5.41) is -0.0118. The van der Waals surface area contributed by atoms with E-state index in [4.69, 9.17) is 15.2 Å². The Balaban J connectivity index is 2.86. The van der Waals surface area contributed by atoms with Gasteiger partial charge in [-0.2, -0.15) is 0 Å². The number of nitrogens with two attached hydrogens (primary N) is 1. The Labute approximate surface area is 136 Å². The maximum atomic E-state index is 11.5. The van der Waals surface area contributed by atoms with E-state index in [0.29, 0.717) is 18.1 Å². The number of methoxy groups -OCH3 is 1. The number of rotatable bonds is 5. The van der Waals surface area contributed by atoms with E-state index < -0.39 is 0 Å². The number of thiocarbonyl (C=S) groups is 1. The first-order valence-electron chi connectivity index (χ1n) is 6.01. The molecule has 0 aliphatic heterocycles. The Hall–Kier alpha value is -1.80. The van der Waals surface area contributed by atoms with E-state index in [-0.39, 0.29) is 11.0 Å². The molecular weight excluding hydrogens is 358 g/mol. The van der Waals surface area contributed by atoms with Gasteiger partial charge < -0.3 is 15.2 Å². The molecule has 6 nitrogen and oxygen atoms in total. The summed E-state index contributed by atoms with van der Waals surface area (Å²) in [5.74, 6) is 0.816. The Morgan fingerprint density at radius 3 is 2.76 bits per heavy atom. The largest absolute Gasteiger partial charge is 0.493 e. The number of amides is 1. The molecule has 0 aliphatic rings. The van der Waals surface area contributed by atoms with Gasteiger partial charge in [-0.25, -0.2) is 0 Å². The molecule has 0 radical (unpaired) electrons. The van der Waals surface area contributed by atoms with Crippen molar-refractivity contribution >= 4 is 45.2 Å². The molecular formula is C13H16BrN3O3S. The minimum Gasteiger partial charge on any atom is -0.493 e. The summed E-state index contributed by atoms with van der Waals surface area (Å²) < 4.78 is 11.5. The number of hydrogen-bond donors (Lipinski definition) is 3. The van der Waals surface area contributed by atoms with Gasteiger partial charge in [0.2, 0.25) is 0 Å². The normalized spacial score (nSPS) is 10.2. The summed E-state index contributed by atoms with van der Waals surface area (Å²) in [4.78, 5) is 11.5. The average molecular weight is 374 g/mol. The molecule has 0 fully saturated rings. The molecule has 0 heterocycles. The fourth-order valence-electron chi connectivity index (χ4n) is 1.46. The standard InChI is InChI=1S/C13H16BrN3O3S/c1-3-20-12-9(14)6-8(7-10(12)19-2)4-5-11(18)16-17-13(15)21/h4-7H,3H2,1-2H3,(H,16,18)(H3,15,17,21)/b5-4+. The van der Waals surface area contributed by atoms with Crippen molar-refractivity contribution in [2.75, 3.05) is 13.7 Å². The lowest BCUT2D eigenvalue weighted by Crippen LogP contribution is -2.43. The molecule has 114 valence electrons. The quantitative estimate of drug-likeness (QED) is 0.414. The zero-order chi connectivity index (χ0) is 15.8. The smallest absolute Gasteiger partial charge is 0.262 e. The van der Waals surface area contributed by atoms with Crippen molar-refractivity contribution in [2.45, 2.75) is 6.92 Å². The summed E-state index contributed by atoms with van der Waals surface area (Å²) in [5.41, 5.74) is 10.6. The molecule has 0 aromatic heterocycles. The monoisotopic (exact) mass is 373 g/mol. The molecule has 0 unspecified atom stereocenters. The minimum absolute atomic E-state index is 0.0118. The highest BCUT2D eigenvalue weighted by atomic mass is 79.9. The maximum Gasteiger partial charge on any atom is 0.262 e. The van der Waals surface area contributed by atoms with Crippen LogP contribution in [0.4, 0.5) is 0 Å². The topological polar surface area (TPSA) is 85.6 Å². The van der Waals surface area contributed by atoms with Gasteiger partial charge in [-0.3, -0.25) is 15.6 Å². The third-order valence-corrected chi connectivity index (χ3v) is 2.97. The lowest BCUT2D eigenvalue weighted by molar-refractivity contribution is -0.116. The third kappa shape index (κ3) is 5.60. The number of hydrogen-bond acceptors (Lipinski definition) is 4. The van der Waals surface area contributed by atoms with Crippen molar-refractivity contribution in [3.63, 3.8) is 0 Å². The second-order valence-corrected chi connectivity index (χ2v) is 5.07. The molecule has 8 heteroatoms. The number of carbonyl (C=O) groups excluding carboxylic acids is 1. The molecule has 0 spiro atoms. The van der Waals surface area contributed by atoms with Gasteiger partial charge in [0.15, 0.2) is 16.6 Å². The van der Waals surface area contributed by atoms with Gasteiger partial charge in [0, 0.05) is 6.08 Å². The van der Waals surface area contributed by atoms with Crippen LogP contribution in [0.15, 0.2) is 22.7 Å². The van der Waals surface area contributed by atoms with Gasteiger partial charge in [-0.1, -0.05) is 0 Å². The Bertz CT molecular complexity index is 564. The number of halogens is 1. The fourth-order valence-corrected chi connectivity index (χ4v) is 2.08. The van der Waals surface area contributed by atoms with Crippen LogP contribution in [-0.2, 0) is 4.79 Å². The van der Waals surface area contributed by atoms with E-state index in [2.05, 4.69) is 39.0 Å². The zero-order valence-corrected chi connectivity index (χ0v) is 14.0. The second kappa shape index (κ2) is 8.48. The highest BCUT2D eigenvalue weighted by Gasteiger charge is 2.10. The van der Waals surface area contributed by atoms with Crippen molar-refractivity contribution in [1.82, 2.24) is 10.9 Å². The van der Waals surface area contributed by atoms with Crippen LogP contribution < -0.4 is 26.1 Å². The van der Waals surface area contributed by atoms with Crippen molar-refractivity contribution in [3.8, 4) is 11.5 Å². The van der Waals surface area contributed by atoms with Crippen LogP contribution >= 0.6 is 28.1 Å². The SMILES string of the molecule is CCOc1c(Br)cc(/C=C/C(=O)NNC(N)=S)cc1OC. The van der Waals surface area contributed by atoms with Gasteiger partial charge in [-0.15, -0.1) is 0 Å².